The Morgan fingerprint density at radius 3 is 2.80 bits per heavy atom. The molecular weight excluding hydrogens is 208 g/mol. The molecule has 1 aromatic heterocycles. The molecule has 0 bridgehead atoms. The largest absolute Gasteiger partial charge is 0.359 e. The average molecular weight is 226 g/mol. The first-order valence-electron chi connectivity index (χ1n) is 5.54. The second kappa shape index (κ2) is 4.90. The number of aromatic nitrogens is 2. The summed E-state index contributed by atoms with van der Waals surface area (Å²) in [4.78, 5) is 6.82. The van der Waals surface area contributed by atoms with Crippen LogP contribution in [0.4, 0.5) is 5.13 Å². The molecule has 15 heavy (non-hydrogen) atoms. The van der Waals surface area contributed by atoms with E-state index in [2.05, 4.69) is 26.5 Å². The van der Waals surface area contributed by atoms with Crippen LogP contribution in [0.5, 0.6) is 0 Å². The zero-order valence-electron chi connectivity index (χ0n) is 9.36. The van der Waals surface area contributed by atoms with Gasteiger partial charge in [0.2, 0.25) is 5.13 Å². The Morgan fingerprint density at radius 1 is 1.47 bits per heavy atom. The van der Waals surface area contributed by atoms with Crippen molar-refractivity contribution in [2.75, 3.05) is 25.0 Å². The fraction of sp³-hybridized carbons (Fsp3) is 0.800. The quantitative estimate of drug-likeness (QED) is 0.849. The van der Waals surface area contributed by atoms with Gasteiger partial charge in [0.05, 0.1) is 0 Å². The normalized spacial score (nSPS) is 19.3. The summed E-state index contributed by atoms with van der Waals surface area (Å²) in [6, 6.07) is 0.594. The predicted molar refractivity (Wildman–Crippen MR) is 63.4 cm³/mol. The third-order valence-corrected chi connectivity index (χ3v) is 3.60. The van der Waals surface area contributed by atoms with E-state index < -0.39 is 0 Å². The Balaban J connectivity index is 1.77. The molecule has 1 unspecified atom stereocenters. The first kappa shape index (κ1) is 10.8. The first-order chi connectivity index (χ1) is 7.25. The molecule has 1 N–H and O–H groups in total. The number of nitrogens with zero attached hydrogens (tertiary/aromatic N) is 3. The van der Waals surface area contributed by atoms with E-state index >= 15 is 0 Å². The van der Waals surface area contributed by atoms with E-state index in [1.165, 1.54) is 37.5 Å². The lowest BCUT2D eigenvalue weighted by molar-refractivity contribution is 0.269. The van der Waals surface area contributed by atoms with Crippen molar-refractivity contribution in [2.45, 2.75) is 32.7 Å². The Hall–Kier alpha value is -0.680. The van der Waals surface area contributed by atoms with Crippen LogP contribution in [-0.4, -0.2) is 39.9 Å². The predicted octanol–water partition coefficient (Wildman–Crippen LogP) is 1.74. The van der Waals surface area contributed by atoms with Crippen LogP contribution < -0.4 is 5.32 Å². The van der Waals surface area contributed by atoms with Gasteiger partial charge in [0.15, 0.2) is 0 Å². The molecule has 1 saturated heterocycles. The van der Waals surface area contributed by atoms with Crippen LogP contribution in [0.1, 0.15) is 25.6 Å². The molecule has 2 rings (SSSR count). The van der Waals surface area contributed by atoms with Gasteiger partial charge in [-0.25, -0.2) is 4.98 Å². The highest BCUT2D eigenvalue weighted by molar-refractivity contribution is 7.09. The molecule has 0 spiro atoms. The van der Waals surface area contributed by atoms with Crippen LogP contribution in [0.2, 0.25) is 0 Å². The van der Waals surface area contributed by atoms with E-state index in [1.807, 2.05) is 6.92 Å². The minimum absolute atomic E-state index is 0.594. The highest BCUT2D eigenvalue weighted by Gasteiger charge is 2.17. The third kappa shape index (κ3) is 2.89. The van der Waals surface area contributed by atoms with Crippen molar-refractivity contribution in [3.8, 4) is 0 Å². The summed E-state index contributed by atoms with van der Waals surface area (Å²) in [7, 11) is 0. The van der Waals surface area contributed by atoms with Crippen molar-refractivity contribution in [3.63, 3.8) is 0 Å². The zero-order chi connectivity index (χ0) is 10.7. The van der Waals surface area contributed by atoms with Gasteiger partial charge in [0, 0.05) is 24.1 Å². The molecule has 1 aromatic rings. The van der Waals surface area contributed by atoms with Crippen LogP contribution >= 0.6 is 11.5 Å². The average Bonchev–Trinajstić information content (AvgIpc) is 2.84. The van der Waals surface area contributed by atoms with Crippen LogP contribution in [0.25, 0.3) is 0 Å². The third-order valence-electron chi connectivity index (χ3n) is 2.84. The number of nitrogens with one attached hydrogen (secondary N) is 1. The summed E-state index contributed by atoms with van der Waals surface area (Å²) in [5, 5.41) is 4.29. The van der Waals surface area contributed by atoms with Gasteiger partial charge in [-0.2, -0.15) is 4.37 Å². The van der Waals surface area contributed by atoms with E-state index in [0.29, 0.717) is 6.04 Å². The number of anilines is 1. The van der Waals surface area contributed by atoms with Crippen molar-refractivity contribution < 1.29 is 0 Å². The van der Waals surface area contributed by atoms with Crippen molar-refractivity contribution in [1.82, 2.24) is 14.3 Å². The summed E-state index contributed by atoms with van der Waals surface area (Å²) < 4.78 is 4.15. The lowest BCUT2D eigenvalue weighted by atomic mass is 10.3. The van der Waals surface area contributed by atoms with E-state index in [0.717, 1.165) is 17.5 Å². The summed E-state index contributed by atoms with van der Waals surface area (Å²) in [5.74, 6) is 0.858. The second-order valence-corrected chi connectivity index (χ2v) is 4.87. The van der Waals surface area contributed by atoms with Crippen LogP contribution in [-0.2, 0) is 0 Å². The fourth-order valence-corrected chi connectivity index (χ4v) is 2.50. The highest BCUT2D eigenvalue weighted by Crippen LogP contribution is 2.14. The lowest BCUT2D eigenvalue weighted by Crippen LogP contribution is -2.35. The molecule has 5 heteroatoms. The maximum absolute atomic E-state index is 4.29. The summed E-state index contributed by atoms with van der Waals surface area (Å²) >= 11 is 1.44. The maximum atomic E-state index is 4.29. The molecule has 0 radical (unpaired) electrons. The van der Waals surface area contributed by atoms with Gasteiger partial charge in [-0.3, -0.25) is 4.90 Å². The monoisotopic (exact) mass is 226 g/mol. The van der Waals surface area contributed by atoms with Crippen LogP contribution in [0.3, 0.4) is 0 Å². The first-order valence-corrected chi connectivity index (χ1v) is 6.31. The Morgan fingerprint density at radius 2 is 2.20 bits per heavy atom. The second-order valence-electron chi connectivity index (χ2n) is 4.12. The molecule has 1 aliphatic rings. The molecule has 1 fully saturated rings. The van der Waals surface area contributed by atoms with Gasteiger partial charge in [-0.1, -0.05) is 0 Å². The molecule has 4 nitrogen and oxygen atoms in total. The minimum atomic E-state index is 0.594. The van der Waals surface area contributed by atoms with Crippen molar-refractivity contribution in [3.05, 3.63) is 5.82 Å². The van der Waals surface area contributed by atoms with E-state index in [1.54, 1.807) is 0 Å². The minimum Gasteiger partial charge on any atom is -0.359 e. The molecule has 0 saturated carbocycles. The maximum Gasteiger partial charge on any atom is 0.202 e. The summed E-state index contributed by atoms with van der Waals surface area (Å²) in [5.41, 5.74) is 0. The molecule has 0 aromatic carbocycles. The molecular formula is C10H18N4S. The van der Waals surface area contributed by atoms with Crippen molar-refractivity contribution in [1.29, 1.82) is 0 Å². The molecule has 1 aliphatic heterocycles. The molecule has 0 aliphatic carbocycles. The molecule has 0 amide bonds. The Labute approximate surface area is 94.9 Å². The Kier molecular flexibility index (Phi) is 3.53. The number of hydrogen-bond acceptors (Lipinski definition) is 5. The van der Waals surface area contributed by atoms with Gasteiger partial charge in [-0.05, 0) is 39.8 Å². The zero-order valence-corrected chi connectivity index (χ0v) is 10.2. The lowest BCUT2D eigenvalue weighted by Gasteiger charge is -2.23. The van der Waals surface area contributed by atoms with Gasteiger partial charge in [0.1, 0.15) is 5.82 Å². The summed E-state index contributed by atoms with van der Waals surface area (Å²) in [6.07, 6.45) is 2.70. The topological polar surface area (TPSA) is 41.1 Å². The standard InChI is InChI=1S/C10H18N4S/c1-8(14-5-3-4-6-14)7-11-10-12-9(2)13-15-10/h8H,3-7H2,1-2H3,(H,11,12,13). The fourth-order valence-electron chi connectivity index (χ4n) is 1.92. The Bertz CT molecular complexity index is 306. The van der Waals surface area contributed by atoms with Gasteiger partial charge in [0.25, 0.3) is 0 Å². The summed E-state index contributed by atoms with van der Waals surface area (Å²) in [6.45, 7) is 7.66. The van der Waals surface area contributed by atoms with Gasteiger partial charge in [-0.15, -0.1) is 0 Å². The molecule has 1 atom stereocenters. The van der Waals surface area contributed by atoms with E-state index in [9.17, 15) is 0 Å². The van der Waals surface area contributed by atoms with Crippen LogP contribution in [0, 0.1) is 6.92 Å². The van der Waals surface area contributed by atoms with Gasteiger partial charge < -0.3 is 5.32 Å². The SMILES string of the molecule is Cc1nsc(NCC(C)N2CCCC2)n1. The number of aryl methyl sites for hydroxylation is 1. The molecule has 2 heterocycles. The van der Waals surface area contributed by atoms with Gasteiger partial charge >= 0.3 is 0 Å². The number of likely N-dealkylation sites (tertiary alicyclic amines) is 1. The van der Waals surface area contributed by atoms with Crippen molar-refractivity contribution >= 4 is 16.7 Å². The van der Waals surface area contributed by atoms with E-state index in [-0.39, 0.29) is 0 Å². The highest BCUT2D eigenvalue weighted by atomic mass is 32.1. The van der Waals surface area contributed by atoms with Crippen molar-refractivity contribution in [2.24, 2.45) is 0 Å². The smallest absolute Gasteiger partial charge is 0.202 e. The molecule has 84 valence electrons. The number of rotatable bonds is 4. The van der Waals surface area contributed by atoms with Crippen LogP contribution in [0.15, 0.2) is 0 Å². The number of hydrogen-bond donors (Lipinski definition) is 1. The van der Waals surface area contributed by atoms with E-state index in [4.69, 9.17) is 0 Å².